The molecule has 5 nitrogen and oxygen atoms in total. The molecule has 0 saturated carbocycles. The van der Waals surface area contributed by atoms with Gasteiger partial charge in [-0.15, -0.1) is 0 Å². The van der Waals surface area contributed by atoms with Gasteiger partial charge in [-0.3, -0.25) is 4.98 Å². The van der Waals surface area contributed by atoms with Crippen LogP contribution in [0.2, 0.25) is 0 Å². The van der Waals surface area contributed by atoms with Crippen LogP contribution in [0.1, 0.15) is 45.9 Å². The molecule has 0 spiro atoms. The first-order valence-corrected chi connectivity index (χ1v) is 7.21. The van der Waals surface area contributed by atoms with Gasteiger partial charge in [0.25, 0.3) is 0 Å². The Morgan fingerprint density at radius 3 is 2.43 bits per heavy atom. The van der Waals surface area contributed by atoms with Gasteiger partial charge in [-0.05, 0) is 53.2 Å². The maximum atomic E-state index is 11.6. The second-order valence-electron chi connectivity index (χ2n) is 6.90. The van der Waals surface area contributed by atoms with Crippen LogP contribution < -0.4 is 10.6 Å². The van der Waals surface area contributed by atoms with Crippen LogP contribution in [0.5, 0.6) is 0 Å². The highest BCUT2D eigenvalue weighted by Crippen LogP contribution is 2.08. The normalized spacial score (nSPS) is 12.1. The summed E-state index contributed by atoms with van der Waals surface area (Å²) < 4.78 is 5.22. The number of rotatable bonds is 5. The van der Waals surface area contributed by atoms with Crippen molar-refractivity contribution in [2.75, 3.05) is 6.54 Å². The van der Waals surface area contributed by atoms with Gasteiger partial charge in [-0.25, -0.2) is 4.79 Å². The summed E-state index contributed by atoms with van der Waals surface area (Å²) >= 11 is 0. The van der Waals surface area contributed by atoms with Crippen molar-refractivity contribution in [3.05, 3.63) is 29.6 Å². The van der Waals surface area contributed by atoms with Crippen LogP contribution in [0.3, 0.4) is 0 Å². The third kappa shape index (κ3) is 7.66. The topological polar surface area (TPSA) is 63.2 Å². The molecule has 0 bridgehead atoms. The number of pyridine rings is 1. The average molecular weight is 293 g/mol. The molecule has 1 aromatic rings. The van der Waals surface area contributed by atoms with Gasteiger partial charge in [0.15, 0.2) is 0 Å². The van der Waals surface area contributed by atoms with E-state index in [1.807, 2.05) is 59.9 Å². The van der Waals surface area contributed by atoms with Crippen LogP contribution >= 0.6 is 0 Å². The third-order valence-corrected chi connectivity index (χ3v) is 2.82. The van der Waals surface area contributed by atoms with E-state index in [2.05, 4.69) is 15.6 Å². The molecule has 2 N–H and O–H groups in total. The number of carbonyl (C=O) groups excluding carboxylic acids is 1. The van der Waals surface area contributed by atoms with Gasteiger partial charge in [-0.2, -0.15) is 0 Å². The number of hydrogen-bond donors (Lipinski definition) is 2. The number of amides is 1. The van der Waals surface area contributed by atoms with Crippen molar-refractivity contribution >= 4 is 6.09 Å². The van der Waals surface area contributed by atoms with Gasteiger partial charge >= 0.3 is 6.09 Å². The molecule has 0 unspecified atom stereocenters. The SMILES string of the molecule is Cc1ccc(CNC(C)(C)CNC(=O)OC(C)(C)C)cn1. The fourth-order valence-electron chi connectivity index (χ4n) is 1.61. The highest BCUT2D eigenvalue weighted by Gasteiger charge is 2.21. The lowest BCUT2D eigenvalue weighted by Gasteiger charge is -2.28. The molecule has 1 amide bonds. The summed E-state index contributed by atoms with van der Waals surface area (Å²) in [6.07, 6.45) is 1.47. The van der Waals surface area contributed by atoms with Crippen molar-refractivity contribution in [3.8, 4) is 0 Å². The van der Waals surface area contributed by atoms with Crippen LogP contribution in [0, 0.1) is 6.92 Å². The number of nitrogens with zero attached hydrogens (tertiary/aromatic N) is 1. The second-order valence-corrected chi connectivity index (χ2v) is 6.90. The molecule has 1 rings (SSSR count). The predicted molar refractivity (Wildman–Crippen MR) is 84.1 cm³/mol. The van der Waals surface area contributed by atoms with E-state index >= 15 is 0 Å². The van der Waals surface area contributed by atoms with E-state index in [0.717, 1.165) is 11.3 Å². The zero-order valence-electron chi connectivity index (χ0n) is 13.9. The lowest BCUT2D eigenvalue weighted by molar-refractivity contribution is 0.0513. The molecule has 0 atom stereocenters. The van der Waals surface area contributed by atoms with Crippen LogP contribution in [0.4, 0.5) is 4.79 Å². The van der Waals surface area contributed by atoms with Gasteiger partial charge in [0, 0.05) is 30.5 Å². The monoisotopic (exact) mass is 293 g/mol. The first kappa shape index (κ1) is 17.4. The van der Waals surface area contributed by atoms with E-state index in [0.29, 0.717) is 13.1 Å². The van der Waals surface area contributed by atoms with E-state index in [9.17, 15) is 4.79 Å². The summed E-state index contributed by atoms with van der Waals surface area (Å²) in [5, 5.41) is 6.19. The van der Waals surface area contributed by atoms with Crippen LogP contribution in [-0.2, 0) is 11.3 Å². The van der Waals surface area contributed by atoms with Gasteiger partial charge in [0.1, 0.15) is 5.60 Å². The maximum Gasteiger partial charge on any atom is 0.407 e. The number of aryl methyl sites for hydroxylation is 1. The van der Waals surface area contributed by atoms with Crippen molar-refractivity contribution in [1.82, 2.24) is 15.6 Å². The van der Waals surface area contributed by atoms with Gasteiger partial charge in [-0.1, -0.05) is 6.07 Å². The Labute approximate surface area is 127 Å². The zero-order chi connectivity index (χ0) is 16.1. The third-order valence-electron chi connectivity index (χ3n) is 2.82. The Hall–Kier alpha value is -1.62. The minimum Gasteiger partial charge on any atom is -0.444 e. The molecule has 0 fully saturated rings. The number of aromatic nitrogens is 1. The van der Waals surface area contributed by atoms with Crippen molar-refractivity contribution in [3.63, 3.8) is 0 Å². The summed E-state index contributed by atoms with van der Waals surface area (Å²) in [4.78, 5) is 15.9. The molecule has 0 aromatic carbocycles. The smallest absolute Gasteiger partial charge is 0.407 e. The van der Waals surface area contributed by atoms with Crippen molar-refractivity contribution < 1.29 is 9.53 Å². The number of nitrogens with one attached hydrogen (secondary N) is 2. The minimum absolute atomic E-state index is 0.234. The first-order valence-electron chi connectivity index (χ1n) is 7.21. The summed E-state index contributed by atoms with van der Waals surface area (Å²) in [5.41, 5.74) is 1.41. The Morgan fingerprint density at radius 1 is 1.24 bits per heavy atom. The van der Waals surface area contributed by atoms with E-state index in [1.165, 1.54) is 0 Å². The molecular weight excluding hydrogens is 266 g/mol. The van der Waals surface area contributed by atoms with E-state index < -0.39 is 11.7 Å². The summed E-state index contributed by atoms with van der Waals surface area (Å²) in [6, 6.07) is 4.04. The van der Waals surface area contributed by atoms with Gasteiger partial charge < -0.3 is 15.4 Å². The average Bonchev–Trinajstić information content (AvgIpc) is 2.34. The zero-order valence-corrected chi connectivity index (χ0v) is 13.9. The lowest BCUT2D eigenvalue weighted by Crippen LogP contribution is -2.49. The summed E-state index contributed by atoms with van der Waals surface area (Å²) in [5.74, 6) is 0. The fraction of sp³-hybridized carbons (Fsp3) is 0.625. The largest absolute Gasteiger partial charge is 0.444 e. The minimum atomic E-state index is -0.477. The Balaban J connectivity index is 2.39. The molecule has 0 saturated heterocycles. The maximum absolute atomic E-state index is 11.6. The van der Waals surface area contributed by atoms with Gasteiger partial charge in [0.05, 0.1) is 0 Å². The first-order chi connectivity index (χ1) is 9.57. The highest BCUT2D eigenvalue weighted by molar-refractivity contribution is 5.67. The second kappa shape index (κ2) is 6.89. The Morgan fingerprint density at radius 2 is 1.90 bits per heavy atom. The number of carbonyl (C=O) groups is 1. The summed E-state index contributed by atoms with van der Waals surface area (Å²) in [6.45, 7) is 12.8. The van der Waals surface area contributed by atoms with Crippen LogP contribution in [0.25, 0.3) is 0 Å². The quantitative estimate of drug-likeness (QED) is 0.876. The number of hydrogen-bond acceptors (Lipinski definition) is 4. The van der Waals surface area contributed by atoms with Crippen molar-refractivity contribution in [1.29, 1.82) is 0 Å². The van der Waals surface area contributed by atoms with Crippen molar-refractivity contribution in [2.24, 2.45) is 0 Å². The molecule has 5 heteroatoms. The molecule has 1 aromatic heterocycles. The van der Waals surface area contributed by atoms with E-state index in [4.69, 9.17) is 4.74 Å². The fourth-order valence-corrected chi connectivity index (χ4v) is 1.61. The molecule has 1 heterocycles. The number of ether oxygens (including phenoxy) is 1. The van der Waals surface area contributed by atoms with Gasteiger partial charge in [0.2, 0.25) is 0 Å². The molecular formula is C16H27N3O2. The highest BCUT2D eigenvalue weighted by atomic mass is 16.6. The Kier molecular flexibility index (Phi) is 5.72. The molecule has 0 radical (unpaired) electrons. The van der Waals surface area contributed by atoms with E-state index in [-0.39, 0.29) is 5.54 Å². The van der Waals surface area contributed by atoms with Crippen LogP contribution in [0.15, 0.2) is 18.3 Å². The van der Waals surface area contributed by atoms with Crippen molar-refractivity contribution in [2.45, 2.75) is 59.2 Å². The van der Waals surface area contributed by atoms with Crippen LogP contribution in [-0.4, -0.2) is 28.8 Å². The predicted octanol–water partition coefficient (Wildman–Crippen LogP) is 2.78. The Bertz CT molecular complexity index is 461. The molecule has 0 aliphatic heterocycles. The molecule has 118 valence electrons. The van der Waals surface area contributed by atoms with E-state index in [1.54, 1.807) is 0 Å². The molecule has 0 aliphatic rings. The standard InChI is InChI=1S/C16H27N3O2/c1-12-7-8-13(9-17-12)10-19-16(5,6)11-18-14(20)21-15(2,3)4/h7-9,19H,10-11H2,1-6H3,(H,18,20). The summed E-state index contributed by atoms with van der Waals surface area (Å²) in [7, 11) is 0. The molecule has 21 heavy (non-hydrogen) atoms. The number of alkyl carbamates (subject to hydrolysis) is 1. The molecule has 0 aliphatic carbocycles. The lowest BCUT2D eigenvalue weighted by atomic mass is 10.1.